The van der Waals surface area contributed by atoms with Gasteiger partial charge in [-0.3, -0.25) is 0 Å². The molecule has 0 aromatic carbocycles. The number of hydrogen-bond donors (Lipinski definition) is 1. The summed E-state index contributed by atoms with van der Waals surface area (Å²) in [6.07, 6.45) is 0. The average Bonchev–Trinajstić information content (AvgIpc) is 2.42. The minimum atomic E-state index is 0.371. The smallest absolute Gasteiger partial charge is 0.227 e. The van der Waals surface area contributed by atoms with Crippen molar-refractivity contribution in [2.45, 2.75) is 26.7 Å². The van der Waals surface area contributed by atoms with Crippen molar-refractivity contribution in [2.24, 2.45) is 0 Å². The third-order valence-electron chi connectivity index (χ3n) is 3.54. The summed E-state index contributed by atoms with van der Waals surface area (Å²) in [5.74, 6) is 2.12. The number of anilines is 2. The molecule has 0 aliphatic carbocycles. The third-order valence-corrected chi connectivity index (χ3v) is 4.32. The number of aromatic nitrogens is 2. The molecule has 1 aromatic rings. The SMILES string of the molecule is CCNc1nc(N2CCN(C)CC2)nc(C(C)C)c1Br. The zero-order valence-electron chi connectivity index (χ0n) is 12.8. The molecule has 0 bridgehead atoms. The van der Waals surface area contributed by atoms with Crippen molar-refractivity contribution >= 4 is 27.7 Å². The Morgan fingerprint density at radius 2 is 1.85 bits per heavy atom. The van der Waals surface area contributed by atoms with Crippen LogP contribution in [-0.2, 0) is 0 Å². The van der Waals surface area contributed by atoms with Crippen LogP contribution in [0.1, 0.15) is 32.4 Å². The van der Waals surface area contributed by atoms with Gasteiger partial charge < -0.3 is 15.1 Å². The minimum Gasteiger partial charge on any atom is -0.369 e. The number of halogens is 1. The Morgan fingerprint density at radius 1 is 1.20 bits per heavy atom. The Balaban J connectivity index is 2.32. The molecule has 1 aromatic heterocycles. The van der Waals surface area contributed by atoms with Crippen molar-refractivity contribution in [3.05, 3.63) is 10.2 Å². The zero-order chi connectivity index (χ0) is 14.7. The quantitative estimate of drug-likeness (QED) is 0.911. The standard InChI is InChI=1S/C14H24BrN5/c1-5-16-13-11(15)12(10(2)3)17-14(18-13)20-8-6-19(4)7-9-20/h10H,5-9H2,1-4H3,(H,16,17,18). The fourth-order valence-corrected chi connectivity index (χ4v) is 3.04. The Kier molecular flexibility index (Phi) is 5.21. The molecule has 1 aliphatic rings. The number of piperazine rings is 1. The van der Waals surface area contributed by atoms with Gasteiger partial charge in [0.2, 0.25) is 5.95 Å². The van der Waals surface area contributed by atoms with Crippen molar-refractivity contribution in [1.82, 2.24) is 14.9 Å². The van der Waals surface area contributed by atoms with Gasteiger partial charge in [0.1, 0.15) is 5.82 Å². The van der Waals surface area contributed by atoms with Gasteiger partial charge in [-0.25, -0.2) is 4.98 Å². The van der Waals surface area contributed by atoms with Crippen LogP contribution < -0.4 is 10.2 Å². The summed E-state index contributed by atoms with van der Waals surface area (Å²) in [6.45, 7) is 11.4. The maximum atomic E-state index is 4.77. The molecule has 1 fully saturated rings. The first-order chi connectivity index (χ1) is 9.52. The topological polar surface area (TPSA) is 44.3 Å². The molecule has 6 heteroatoms. The van der Waals surface area contributed by atoms with E-state index in [4.69, 9.17) is 9.97 Å². The lowest BCUT2D eigenvalue weighted by Gasteiger charge is -2.33. The van der Waals surface area contributed by atoms with Gasteiger partial charge in [0.05, 0.1) is 10.2 Å². The molecule has 0 amide bonds. The highest BCUT2D eigenvalue weighted by molar-refractivity contribution is 9.10. The van der Waals surface area contributed by atoms with E-state index in [9.17, 15) is 0 Å². The number of likely N-dealkylation sites (N-methyl/N-ethyl adjacent to an activating group) is 1. The van der Waals surface area contributed by atoms with Crippen molar-refractivity contribution < 1.29 is 0 Å². The summed E-state index contributed by atoms with van der Waals surface area (Å²) in [4.78, 5) is 14.1. The highest BCUT2D eigenvalue weighted by atomic mass is 79.9. The second-order valence-electron chi connectivity index (χ2n) is 5.55. The van der Waals surface area contributed by atoms with Crippen molar-refractivity contribution in [2.75, 3.05) is 50.0 Å². The number of nitrogens with zero attached hydrogens (tertiary/aromatic N) is 4. The molecular formula is C14H24BrN5. The van der Waals surface area contributed by atoms with E-state index in [-0.39, 0.29) is 0 Å². The van der Waals surface area contributed by atoms with E-state index in [1.807, 2.05) is 0 Å². The molecular weight excluding hydrogens is 318 g/mol. The first-order valence-corrected chi connectivity index (χ1v) is 8.07. The normalized spacial score (nSPS) is 16.8. The molecule has 20 heavy (non-hydrogen) atoms. The summed E-state index contributed by atoms with van der Waals surface area (Å²) in [5.41, 5.74) is 1.07. The zero-order valence-corrected chi connectivity index (χ0v) is 14.4. The first-order valence-electron chi connectivity index (χ1n) is 7.27. The summed E-state index contributed by atoms with van der Waals surface area (Å²) >= 11 is 3.64. The minimum absolute atomic E-state index is 0.371. The van der Waals surface area contributed by atoms with E-state index in [0.29, 0.717) is 5.92 Å². The van der Waals surface area contributed by atoms with Gasteiger partial charge >= 0.3 is 0 Å². The fraction of sp³-hybridized carbons (Fsp3) is 0.714. The second kappa shape index (κ2) is 6.72. The molecule has 0 radical (unpaired) electrons. The Hall–Kier alpha value is -0.880. The average molecular weight is 342 g/mol. The van der Waals surface area contributed by atoms with Crippen LogP contribution in [0.15, 0.2) is 4.47 Å². The molecule has 2 rings (SSSR count). The van der Waals surface area contributed by atoms with Gasteiger partial charge in [0.15, 0.2) is 0 Å². The second-order valence-corrected chi connectivity index (χ2v) is 6.34. The van der Waals surface area contributed by atoms with E-state index in [0.717, 1.165) is 54.7 Å². The number of hydrogen-bond acceptors (Lipinski definition) is 5. The van der Waals surface area contributed by atoms with Gasteiger partial charge in [-0.05, 0) is 35.8 Å². The maximum absolute atomic E-state index is 4.77. The van der Waals surface area contributed by atoms with Crippen LogP contribution in [0.25, 0.3) is 0 Å². The van der Waals surface area contributed by atoms with Crippen LogP contribution in [-0.4, -0.2) is 54.6 Å². The van der Waals surface area contributed by atoms with Crippen LogP contribution in [0.2, 0.25) is 0 Å². The monoisotopic (exact) mass is 341 g/mol. The van der Waals surface area contributed by atoms with E-state index < -0.39 is 0 Å². The van der Waals surface area contributed by atoms with Crippen LogP contribution >= 0.6 is 15.9 Å². The number of rotatable bonds is 4. The molecule has 1 N–H and O–H groups in total. The van der Waals surface area contributed by atoms with Crippen molar-refractivity contribution in [3.8, 4) is 0 Å². The van der Waals surface area contributed by atoms with E-state index in [2.05, 4.69) is 58.9 Å². The lowest BCUT2D eigenvalue weighted by molar-refractivity contribution is 0.311. The molecule has 0 unspecified atom stereocenters. The summed E-state index contributed by atoms with van der Waals surface area (Å²) < 4.78 is 0.993. The largest absolute Gasteiger partial charge is 0.369 e. The Morgan fingerprint density at radius 3 is 2.40 bits per heavy atom. The summed E-state index contributed by atoms with van der Waals surface area (Å²) in [5, 5.41) is 3.32. The van der Waals surface area contributed by atoms with Crippen molar-refractivity contribution in [1.29, 1.82) is 0 Å². The molecule has 0 spiro atoms. The van der Waals surface area contributed by atoms with Gasteiger partial charge in [-0.1, -0.05) is 13.8 Å². The number of nitrogens with one attached hydrogen (secondary N) is 1. The molecule has 0 saturated carbocycles. The van der Waals surface area contributed by atoms with Crippen LogP contribution in [0, 0.1) is 0 Å². The van der Waals surface area contributed by atoms with E-state index in [1.165, 1.54) is 0 Å². The fourth-order valence-electron chi connectivity index (χ4n) is 2.27. The predicted octanol–water partition coefficient (Wildman–Crippen LogP) is 2.55. The lowest BCUT2D eigenvalue weighted by Crippen LogP contribution is -2.45. The predicted molar refractivity (Wildman–Crippen MR) is 87.7 cm³/mol. The summed E-state index contributed by atoms with van der Waals surface area (Å²) in [7, 11) is 2.16. The first kappa shape index (κ1) is 15.5. The molecule has 1 saturated heterocycles. The maximum Gasteiger partial charge on any atom is 0.227 e. The molecule has 2 heterocycles. The van der Waals surface area contributed by atoms with Gasteiger partial charge in [0.25, 0.3) is 0 Å². The molecule has 1 aliphatic heterocycles. The van der Waals surface area contributed by atoms with Crippen LogP contribution in [0.4, 0.5) is 11.8 Å². The van der Waals surface area contributed by atoms with Gasteiger partial charge in [0, 0.05) is 32.7 Å². The van der Waals surface area contributed by atoms with Crippen molar-refractivity contribution in [3.63, 3.8) is 0 Å². The van der Waals surface area contributed by atoms with E-state index >= 15 is 0 Å². The highest BCUT2D eigenvalue weighted by Gasteiger charge is 2.20. The Bertz CT molecular complexity index is 455. The third kappa shape index (κ3) is 3.41. The summed E-state index contributed by atoms with van der Waals surface area (Å²) in [6, 6.07) is 0. The molecule has 0 atom stereocenters. The van der Waals surface area contributed by atoms with E-state index in [1.54, 1.807) is 0 Å². The van der Waals surface area contributed by atoms with Crippen LogP contribution in [0.3, 0.4) is 0 Å². The van der Waals surface area contributed by atoms with Crippen LogP contribution in [0.5, 0.6) is 0 Å². The molecule has 112 valence electrons. The lowest BCUT2D eigenvalue weighted by atomic mass is 10.1. The van der Waals surface area contributed by atoms with Gasteiger partial charge in [-0.2, -0.15) is 4.98 Å². The Labute approximate surface area is 129 Å². The van der Waals surface area contributed by atoms with Gasteiger partial charge in [-0.15, -0.1) is 0 Å². The highest BCUT2D eigenvalue weighted by Crippen LogP contribution is 2.31. The molecule has 5 nitrogen and oxygen atoms in total.